The Balaban J connectivity index is 2.03. The van der Waals surface area contributed by atoms with Crippen LogP contribution < -0.4 is 5.73 Å². The summed E-state index contributed by atoms with van der Waals surface area (Å²) >= 11 is 0. The van der Waals surface area contributed by atoms with Gasteiger partial charge in [-0.2, -0.15) is 0 Å². The molecule has 1 aliphatic rings. The van der Waals surface area contributed by atoms with Crippen LogP contribution in [0.1, 0.15) is 44.7 Å². The lowest BCUT2D eigenvalue weighted by Crippen LogP contribution is -2.28. The molecule has 2 atom stereocenters. The number of hydrogen-bond acceptors (Lipinski definition) is 2. The number of hydrogen-bond donors (Lipinski definition) is 1. The van der Waals surface area contributed by atoms with Crippen LogP contribution in [0.4, 0.5) is 5.69 Å². The van der Waals surface area contributed by atoms with Crippen LogP contribution in [0.5, 0.6) is 0 Å². The molecule has 1 fully saturated rings. The molecule has 0 aromatic heterocycles. The molecule has 17 heavy (non-hydrogen) atoms. The summed E-state index contributed by atoms with van der Waals surface area (Å²) in [4.78, 5) is 2.61. The highest BCUT2D eigenvalue weighted by Crippen LogP contribution is 2.26. The van der Waals surface area contributed by atoms with Gasteiger partial charge in [-0.1, -0.05) is 19.1 Å². The molecule has 0 amide bonds. The van der Waals surface area contributed by atoms with Gasteiger partial charge in [-0.15, -0.1) is 0 Å². The van der Waals surface area contributed by atoms with Crippen LogP contribution in [0.25, 0.3) is 0 Å². The van der Waals surface area contributed by atoms with E-state index >= 15 is 0 Å². The van der Waals surface area contributed by atoms with Crippen LogP contribution in [-0.4, -0.2) is 18.0 Å². The predicted molar refractivity (Wildman–Crippen MR) is 73.9 cm³/mol. The number of anilines is 1. The normalized spacial score (nSPS) is 24.2. The topological polar surface area (TPSA) is 29.3 Å². The van der Waals surface area contributed by atoms with E-state index in [2.05, 4.69) is 30.9 Å². The fourth-order valence-electron chi connectivity index (χ4n) is 2.66. The summed E-state index contributed by atoms with van der Waals surface area (Å²) in [6.07, 6.45) is 4.05. The summed E-state index contributed by atoms with van der Waals surface area (Å²) in [6.45, 7) is 7.14. The van der Waals surface area contributed by atoms with Gasteiger partial charge >= 0.3 is 0 Å². The molecule has 0 aliphatic carbocycles. The minimum Gasteiger partial charge on any atom is -0.399 e. The zero-order valence-electron chi connectivity index (χ0n) is 11.0. The fraction of sp³-hybridized carbons (Fsp3) is 0.600. The summed E-state index contributed by atoms with van der Waals surface area (Å²) in [5.41, 5.74) is 7.97. The third kappa shape index (κ3) is 3.22. The minimum absolute atomic E-state index is 0.515. The van der Waals surface area contributed by atoms with Crippen molar-refractivity contribution >= 4 is 5.69 Å². The van der Waals surface area contributed by atoms with Gasteiger partial charge in [-0.05, 0) is 62.9 Å². The number of nitrogens with zero attached hydrogens (tertiary/aromatic N) is 1. The first kappa shape index (κ1) is 12.4. The van der Waals surface area contributed by atoms with Crippen molar-refractivity contribution in [1.82, 2.24) is 4.90 Å². The number of nitrogen functional groups attached to an aromatic ring is 1. The van der Waals surface area contributed by atoms with Crippen LogP contribution in [-0.2, 0) is 0 Å². The number of likely N-dealkylation sites (tertiary alicyclic amines) is 1. The number of nitrogens with two attached hydrogens (primary N) is 1. The molecule has 1 saturated heterocycles. The SMILES string of the molecule is CC1CCCN(C(C)c2ccc(N)cc2)CC1. The van der Waals surface area contributed by atoms with E-state index in [1.54, 1.807) is 0 Å². The van der Waals surface area contributed by atoms with Crippen molar-refractivity contribution in [2.24, 2.45) is 5.92 Å². The quantitative estimate of drug-likeness (QED) is 0.791. The van der Waals surface area contributed by atoms with Crippen molar-refractivity contribution in [3.8, 4) is 0 Å². The second kappa shape index (κ2) is 5.54. The van der Waals surface area contributed by atoms with Crippen molar-refractivity contribution in [2.75, 3.05) is 18.8 Å². The minimum atomic E-state index is 0.515. The highest BCUT2D eigenvalue weighted by Gasteiger charge is 2.19. The highest BCUT2D eigenvalue weighted by molar-refractivity contribution is 5.40. The van der Waals surface area contributed by atoms with E-state index in [0.29, 0.717) is 6.04 Å². The monoisotopic (exact) mass is 232 g/mol. The molecule has 94 valence electrons. The molecule has 0 bridgehead atoms. The lowest BCUT2D eigenvalue weighted by molar-refractivity contribution is 0.217. The van der Waals surface area contributed by atoms with E-state index in [4.69, 9.17) is 5.73 Å². The maximum absolute atomic E-state index is 5.73. The van der Waals surface area contributed by atoms with Crippen molar-refractivity contribution in [2.45, 2.75) is 39.2 Å². The van der Waals surface area contributed by atoms with E-state index in [9.17, 15) is 0 Å². The van der Waals surface area contributed by atoms with E-state index in [1.165, 1.54) is 37.9 Å². The molecular weight excluding hydrogens is 208 g/mol. The lowest BCUT2D eigenvalue weighted by Gasteiger charge is -2.28. The highest BCUT2D eigenvalue weighted by atomic mass is 15.1. The Morgan fingerprint density at radius 2 is 1.88 bits per heavy atom. The second-order valence-electron chi connectivity index (χ2n) is 5.41. The molecule has 2 unspecified atom stereocenters. The molecule has 1 aromatic carbocycles. The van der Waals surface area contributed by atoms with Crippen LogP contribution in [0.2, 0.25) is 0 Å². The van der Waals surface area contributed by atoms with Crippen molar-refractivity contribution in [3.63, 3.8) is 0 Å². The first-order chi connectivity index (χ1) is 8.16. The Morgan fingerprint density at radius 3 is 2.59 bits per heavy atom. The van der Waals surface area contributed by atoms with Gasteiger partial charge in [0.1, 0.15) is 0 Å². The van der Waals surface area contributed by atoms with E-state index in [-0.39, 0.29) is 0 Å². The second-order valence-corrected chi connectivity index (χ2v) is 5.41. The van der Waals surface area contributed by atoms with Crippen molar-refractivity contribution in [1.29, 1.82) is 0 Å². The Morgan fingerprint density at radius 1 is 1.18 bits per heavy atom. The van der Waals surface area contributed by atoms with E-state index < -0.39 is 0 Å². The van der Waals surface area contributed by atoms with Gasteiger partial charge in [0.2, 0.25) is 0 Å². The Bertz CT molecular complexity index is 344. The van der Waals surface area contributed by atoms with Crippen LogP contribution >= 0.6 is 0 Å². The van der Waals surface area contributed by atoms with Gasteiger partial charge in [-0.3, -0.25) is 4.90 Å². The average molecular weight is 232 g/mol. The first-order valence-electron chi connectivity index (χ1n) is 6.76. The molecule has 2 nitrogen and oxygen atoms in total. The molecule has 2 heteroatoms. The van der Waals surface area contributed by atoms with E-state index in [0.717, 1.165) is 11.6 Å². The molecule has 2 N–H and O–H groups in total. The molecule has 1 aromatic rings. The Labute approximate surface area is 105 Å². The molecule has 2 rings (SSSR count). The van der Waals surface area contributed by atoms with Crippen LogP contribution in [0, 0.1) is 5.92 Å². The van der Waals surface area contributed by atoms with Gasteiger partial charge in [-0.25, -0.2) is 0 Å². The molecule has 0 spiro atoms. The average Bonchev–Trinajstić information content (AvgIpc) is 2.54. The lowest BCUT2D eigenvalue weighted by atomic mass is 10.0. The van der Waals surface area contributed by atoms with Crippen molar-refractivity contribution < 1.29 is 0 Å². The summed E-state index contributed by atoms with van der Waals surface area (Å²) in [5, 5.41) is 0. The standard InChI is InChI=1S/C15H24N2/c1-12-4-3-10-17(11-9-12)13(2)14-5-7-15(16)8-6-14/h5-8,12-13H,3-4,9-11,16H2,1-2H3. The maximum atomic E-state index is 5.73. The largest absolute Gasteiger partial charge is 0.399 e. The Hall–Kier alpha value is -1.02. The summed E-state index contributed by atoms with van der Waals surface area (Å²) in [6, 6.07) is 8.85. The third-order valence-corrected chi connectivity index (χ3v) is 4.02. The third-order valence-electron chi connectivity index (χ3n) is 4.02. The zero-order chi connectivity index (χ0) is 12.3. The van der Waals surface area contributed by atoms with Crippen LogP contribution in [0.3, 0.4) is 0 Å². The summed E-state index contributed by atoms with van der Waals surface area (Å²) in [7, 11) is 0. The van der Waals surface area contributed by atoms with Gasteiger partial charge in [0.05, 0.1) is 0 Å². The summed E-state index contributed by atoms with van der Waals surface area (Å²) < 4.78 is 0. The summed E-state index contributed by atoms with van der Waals surface area (Å²) in [5.74, 6) is 0.888. The molecule has 0 radical (unpaired) electrons. The van der Waals surface area contributed by atoms with Crippen LogP contribution in [0.15, 0.2) is 24.3 Å². The molecule has 1 aliphatic heterocycles. The first-order valence-corrected chi connectivity index (χ1v) is 6.76. The van der Waals surface area contributed by atoms with Gasteiger partial charge < -0.3 is 5.73 Å². The molecular formula is C15H24N2. The van der Waals surface area contributed by atoms with Gasteiger partial charge in [0.25, 0.3) is 0 Å². The number of rotatable bonds is 2. The molecule has 1 heterocycles. The zero-order valence-corrected chi connectivity index (χ0v) is 11.0. The van der Waals surface area contributed by atoms with Crippen molar-refractivity contribution in [3.05, 3.63) is 29.8 Å². The molecule has 0 saturated carbocycles. The maximum Gasteiger partial charge on any atom is 0.0319 e. The smallest absolute Gasteiger partial charge is 0.0319 e. The predicted octanol–water partition coefficient (Wildman–Crippen LogP) is 3.45. The van der Waals surface area contributed by atoms with Gasteiger partial charge in [0, 0.05) is 11.7 Å². The fourth-order valence-corrected chi connectivity index (χ4v) is 2.66. The number of benzene rings is 1. The van der Waals surface area contributed by atoms with Gasteiger partial charge in [0.15, 0.2) is 0 Å². The Kier molecular flexibility index (Phi) is 4.06. The van der Waals surface area contributed by atoms with E-state index in [1.807, 2.05) is 12.1 Å².